The Kier molecular flexibility index (Phi) is 3.80. The molecule has 12 heavy (non-hydrogen) atoms. The third-order valence-electron chi connectivity index (χ3n) is 2.00. The fourth-order valence-corrected chi connectivity index (χ4v) is 4.77. The van der Waals surface area contributed by atoms with Gasteiger partial charge in [-0.1, -0.05) is 0 Å². The SMILES string of the molecule is CC(=O)[Si](CCl)(C(C)=O)C(C)=O. The molecule has 0 saturated carbocycles. The summed E-state index contributed by atoms with van der Waals surface area (Å²) in [4.78, 5) is 33.3. The van der Waals surface area contributed by atoms with Gasteiger partial charge in [0, 0.05) is 5.50 Å². The Bertz CT molecular complexity index is 201. The van der Waals surface area contributed by atoms with E-state index in [1.807, 2.05) is 0 Å². The molecule has 5 heteroatoms. The summed E-state index contributed by atoms with van der Waals surface area (Å²) in [5.41, 5.74) is -0.132. The second kappa shape index (κ2) is 3.96. The van der Waals surface area contributed by atoms with Crippen molar-refractivity contribution in [2.24, 2.45) is 0 Å². The van der Waals surface area contributed by atoms with Crippen LogP contribution in [0.4, 0.5) is 0 Å². The predicted octanol–water partition coefficient (Wildman–Crippen LogP) is 0.598. The van der Waals surface area contributed by atoms with E-state index in [0.29, 0.717) is 0 Å². The van der Waals surface area contributed by atoms with Gasteiger partial charge in [-0.2, -0.15) is 0 Å². The lowest BCUT2D eigenvalue weighted by Crippen LogP contribution is -2.59. The van der Waals surface area contributed by atoms with Gasteiger partial charge in [-0.25, -0.2) is 0 Å². The van der Waals surface area contributed by atoms with Crippen LogP contribution in [0.3, 0.4) is 0 Å². The first-order valence-corrected chi connectivity index (χ1v) is 6.22. The number of carbonyl (C=O) groups excluding carboxylic acids is 3. The largest absolute Gasteiger partial charge is 0.304 e. The third-order valence-corrected chi connectivity index (χ3v) is 7.21. The second-order valence-electron chi connectivity index (χ2n) is 2.71. The van der Waals surface area contributed by atoms with Gasteiger partial charge in [0.25, 0.3) is 8.07 Å². The molecule has 0 N–H and O–H groups in total. The molecule has 0 unspecified atom stereocenters. The van der Waals surface area contributed by atoms with Crippen LogP contribution in [0.1, 0.15) is 20.8 Å². The van der Waals surface area contributed by atoms with Gasteiger partial charge >= 0.3 is 0 Å². The van der Waals surface area contributed by atoms with Crippen LogP contribution in [-0.4, -0.2) is 29.8 Å². The zero-order valence-electron chi connectivity index (χ0n) is 7.31. The van der Waals surface area contributed by atoms with E-state index < -0.39 is 8.07 Å². The van der Waals surface area contributed by atoms with Crippen molar-refractivity contribution in [3.63, 3.8) is 0 Å². The van der Waals surface area contributed by atoms with Crippen LogP contribution < -0.4 is 0 Å². The third kappa shape index (κ3) is 1.64. The zero-order valence-corrected chi connectivity index (χ0v) is 9.07. The van der Waals surface area contributed by atoms with Gasteiger partial charge in [0.2, 0.25) is 0 Å². The number of rotatable bonds is 4. The van der Waals surface area contributed by atoms with Gasteiger partial charge in [-0.3, -0.25) is 0 Å². The highest BCUT2D eigenvalue weighted by Crippen LogP contribution is 2.10. The standard InChI is InChI=1S/C7H11ClO3Si/c1-5(9)12(4-8,6(2)10)7(3)11/h4H2,1-3H3. The molecule has 0 amide bonds. The van der Waals surface area contributed by atoms with Crippen molar-refractivity contribution in [2.45, 2.75) is 20.8 Å². The fraction of sp³-hybridized carbons (Fsp3) is 0.571. The minimum atomic E-state index is -3.15. The van der Waals surface area contributed by atoms with Crippen LogP contribution in [0.25, 0.3) is 0 Å². The molecule has 0 spiro atoms. The number of alkyl halides is 1. The Labute approximate surface area is 77.1 Å². The lowest BCUT2D eigenvalue weighted by atomic mass is 10.9. The lowest BCUT2D eigenvalue weighted by Gasteiger charge is -2.18. The average molecular weight is 207 g/mol. The Balaban J connectivity index is 5.19. The van der Waals surface area contributed by atoms with Crippen molar-refractivity contribution >= 4 is 35.9 Å². The van der Waals surface area contributed by atoms with Crippen LogP contribution in [0.5, 0.6) is 0 Å². The molecule has 0 atom stereocenters. The average Bonchev–Trinajstić information content (AvgIpc) is 1.86. The van der Waals surface area contributed by atoms with E-state index in [9.17, 15) is 14.4 Å². The van der Waals surface area contributed by atoms with Crippen LogP contribution in [0.15, 0.2) is 0 Å². The quantitative estimate of drug-likeness (QED) is 0.500. The van der Waals surface area contributed by atoms with Crippen molar-refractivity contribution in [1.82, 2.24) is 0 Å². The highest BCUT2D eigenvalue weighted by atomic mass is 35.5. The molecule has 3 nitrogen and oxygen atoms in total. The highest BCUT2D eigenvalue weighted by Gasteiger charge is 2.48. The van der Waals surface area contributed by atoms with E-state index in [1.54, 1.807) is 0 Å². The summed E-state index contributed by atoms with van der Waals surface area (Å²) in [6.45, 7) is 3.78. The number of hydrogen-bond donors (Lipinski definition) is 0. The minimum absolute atomic E-state index is 0.132. The maximum atomic E-state index is 11.1. The van der Waals surface area contributed by atoms with E-state index >= 15 is 0 Å². The summed E-state index contributed by atoms with van der Waals surface area (Å²) in [5, 5.41) is -1.05. The van der Waals surface area contributed by atoms with Crippen molar-refractivity contribution < 1.29 is 14.4 Å². The molecule has 0 radical (unpaired) electrons. The van der Waals surface area contributed by atoms with Gasteiger partial charge in [-0.15, -0.1) is 11.6 Å². The van der Waals surface area contributed by atoms with Crippen LogP contribution in [0, 0.1) is 0 Å². The topological polar surface area (TPSA) is 51.2 Å². The van der Waals surface area contributed by atoms with Crippen molar-refractivity contribution in [3.05, 3.63) is 0 Å². The summed E-state index contributed by atoms with van der Waals surface area (Å²) in [7, 11) is -3.15. The fourth-order valence-electron chi connectivity index (χ4n) is 1.03. The molecule has 0 bridgehead atoms. The van der Waals surface area contributed by atoms with E-state index in [0.717, 1.165) is 0 Å². The summed E-state index contributed by atoms with van der Waals surface area (Å²) < 4.78 is 0. The monoisotopic (exact) mass is 206 g/mol. The molecule has 0 aliphatic heterocycles. The molecule has 0 aliphatic carbocycles. The van der Waals surface area contributed by atoms with Gasteiger partial charge < -0.3 is 14.4 Å². The maximum Gasteiger partial charge on any atom is 0.292 e. The molecular weight excluding hydrogens is 196 g/mol. The first kappa shape index (κ1) is 11.5. The normalized spacial score (nSPS) is 11.0. The summed E-state index contributed by atoms with van der Waals surface area (Å²) >= 11 is 5.51. The Morgan fingerprint density at radius 2 is 1.25 bits per heavy atom. The number of halogens is 1. The number of hydrogen-bond acceptors (Lipinski definition) is 3. The highest BCUT2D eigenvalue weighted by molar-refractivity contribution is 7.41. The molecule has 0 heterocycles. The van der Waals surface area contributed by atoms with Crippen molar-refractivity contribution in [1.29, 1.82) is 0 Å². The Morgan fingerprint density at radius 3 is 1.25 bits per heavy atom. The molecule has 0 aliphatic rings. The van der Waals surface area contributed by atoms with Gasteiger partial charge in [0.15, 0.2) is 0 Å². The lowest BCUT2D eigenvalue weighted by molar-refractivity contribution is -0.117. The molecule has 68 valence electrons. The maximum absolute atomic E-state index is 11.1. The molecule has 0 aromatic heterocycles. The second-order valence-corrected chi connectivity index (χ2v) is 7.70. The molecular formula is C7H11ClO3Si. The predicted molar refractivity (Wildman–Crippen MR) is 48.5 cm³/mol. The van der Waals surface area contributed by atoms with E-state index in [2.05, 4.69) is 0 Å². The van der Waals surface area contributed by atoms with Gasteiger partial charge in [-0.05, 0) is 20.8 Å². The van der Waals surface area contributed by atoms with Crippen molar-refractivity contribution in [3.8, 4) is 0 Å². The summed E-state index contributed by atoms with van der Waals surface area (Å²) in [6.07, 6.45) is 0. The van der Waals surface area contributed by atoms with Gasteiger partial charge in [0.1, 0.15) is 16.2 Å². The van der Waals surface area contributed by atoms with E-state index in [1.165, 1.54) is 20.8 Å². The zero-order chi connectivity index (χ0) is 9.94. The first-order valence-electron chi connectivity index (χ1n) is 3.48. The van der Waals surface area contributed by atoms with Crippen LogP contribution in [-0.2, 0) is 14.4 Å². The van der Waals surface area contributed by atoms with Crippen LogP contribution in [0.2, 0.25) is 0 Å². The number of carbonyl (C=O) groups is 3. The smallest absolute Gasteiger partial charge is 0.292 e. The molecule has 0 aromatic rings. The molecule has 0 rings (SSSR count). The summed E-state index contributed by atoms with van der Waals surface area (Å²) in [6, 6.07) is 0. The van der Waals surface area contributed by atoms with E-state index in [-0.39, 0.29) is 21.7 Å². The summed E-state index contributed by atoms with van der Waals surface area (Å²) in [5.74, 6) is 0. The van der Waals surface area contributed by atoms with Crippen molar-refractivity contribution in [2.75, 3.05) is 5.50 Å². The Morgan fingerprint density at radius 1 is 1.00 bits per heavy atom. The van der Waals surface area contributed by atoms with E-state index in [4.69, 9.17) is 11.6 Å². The molecule has 0 aromatic carbocycles. The molecule has 0 saturated heterocycles. The molecule has 0 fully saturated rings. The minimum Gasteiger partial charge on any atom is -0.304 e. The van der Waals surface area contributed by atoms with Gasteiger partial charge in [0.05, 0.1) is 0 Å². The van der Waals surface area contributed by atoms with Crippen LogP contribution >= 0.6 is 11.6 Å². The Hall–Kier alpha value is -0.483. The first-order chi connectivity index (χ1) is 5.39.